The summed E-state index contributed by atoms with van der Waals surface area (Å²) in [6.45, 7) is 2.02. The number of ether oxygens (including phenoxy) is 1. The molecular formula is C12H13BrN2O5. The van der Waals surface area contributed by atoms with Gasteiger partial charge >= 0.3 is 11.7 Å². The number of pyridine rings is 1. The molecule has 0 spiro atoms. The lowest BCUT2D eigenvalue weighted by Crippen LogP contribution is -2.13. The molecule has 0 N–H and O–H groups in total. The van der Waals surface area contributed by atoms with Gasteiger partial charge in [0, 0.05) is 18.3 Å². The molecule has 1 aromatic rings. The highest BCUT2D eigenvalue weighted by Gasteiger charge is 2.15. The lowest BCUT2D eigenvalue weighted by Gasteiger charge is -2.06. The Labute approximate surface area is 123 Å². The van der Waals surface area contributed by atoms with E-state index in [0.717, 1.165) is 6.20 Å². The first-order valence-corrected chi connectivity index (χ1v) is 6.51. The summed E-state index contributed by atoms with van der Waals surface area (Å²) < 4.78 is 6.15. The van der Waals surface area contributed by atoms with Crippen molar-refractivity contribution < 1.29 is 14.5 Å². The van der Waals surface area contributed by atoms with Gasteiger partial charge in [-0.3, -0.25) is 14.9 Å². The van der Waals surface area contributed by atoms with Crippen molar-refractivity contribution in [3.63, 3.8) is 0 Å². The van der Waals surface area contributed by atoms with E-state index in [4.69, 9.17) is 0 Å². The predicted molar refractivity (Wildman–Crippen MR) is 75.4 cm³/mol. The first kappa shape index (κ1) is 16.1. The molecule has 0 radical (unpaired) electrons. The number of hydrogen-bond donors (Lipinski definition) is 0. The van der Waals surface area contributed by atoms with Crippen molar-refractivity contribution in [2.45, 2.75) is 19.9 Å². The highest BCUT2D eigenvalue weighted by Crippen LogP contribution is 2.12. The predicted octanol–water partition coefficient (Wildman–Crippen LogP) is 2.03. The molecular weight excluding hydrogens is 332 g/mol. The van der Waals surface area contributed by atoms with Gasteiger partial charge in [0.15, 0.2) is 0 Å². The Bertz CT molecular complexity index is 621. The minimum atomic E-state index is -0.742. The van der Waals surface area contributed by atoms with Crippen LogP contribution in [0.15, 0.2) is 33.3 Å². The quantitative estimate of drug-likeness (QED) is 0.352. The minimum Gasteiger partial charge on any atom is -0.466 e. The van der Waals surface area contributed by atoms with E-state index in [9.17, 15) is 19.7 Å². The SMILES string of the molecule is CC/C(=C/Cn1cc(Br)c(=O)c([N+](=O)[O-])c1)C(=O)OC. The molecule has 0 fully saturated rings. The Balaban J connectivity index is 3.10. The maximum Gasteiger partial charge on any atom is 0.333 e. The zero-order valence-corrected chi connectivity index (χ0v) is 12.5. The zero-order chi connectivity index (χ0) is 15.3. The number of methoxy groups -OCH3 is 1. The third-order valence-electron chi connectivity index (χ3n) is 2.59. The van der Waals surface area contributed by atoms with Gasteiger partial charge in [-0.25, -0.2) is 4.79 Å². The van der Waals surface area contributed by atoms with Crippen LogP contribution in [0.25, 0.3) is 0 Å². The van der Waals surface area contributed by atoms with Gasteiger partial charge in [-0.1, -0.05) is 13.0 Å². The number of carbonyl (C=O) groups is 1. The second-order valence-corrected chi connectivity index (χ2v) is 4.70. The van der Waals surface area contributed by atoms with Crippen LogP contribution in [-0.2, 0) is 16.1 Å². The number of allylic oxidation sites excluding steroid dienone is 1. The molecule has 0 saturated carbocycles. The number of aromatic nitrogens is 1. The van der Waals surface area contributed by atoms with Gasteiger partial charge in [0.2, 0.25) is 0 Å². The zero-order valence-electron chi connectivity index (χ0n) is 11.0. The van der Waals surface area contributed by atoms with E-state index in [2.05, 4.69) is 20.7 Å². The first-order chi connectivity index (χ1) is 9.40. The number of hydrogen-bond acceptors (Lipinski definition) is 5. The molecule has 0 aliphatic heterocycles. The lowest BCUT2D eigenvalue weighted by atomic mass is 10.2. The number of halogens is 1. The average molecular weight is 345 g/mol. The molecule has 0 aromatic carbocycles. The molecule has 8 heteroatoms. The molecule has 7 nitrogen and oxygen atoms in total. The van der Waals surface area contributed by atoms with Gasteiger partial charge in [-0.15, -0.1) is 0 Å². The summed E-state index contributed by atoms with van der Waals surface area (Å²) in [6.07, 6.45) is 4.65. The summed E-state index contributed by atoms with van der Waals surface area (Å²) in [5, 5.41) is 10.8. The Hall–Kier alpha value is -1.96. The summed E-state index contributed by atoms with van der Waals surface area (Å²) in [7, 11) is 1.28. The van der Waals surface area contributed by atoms with E-state index < -0.39 is 22.0 Å². The van der Waals surface area contributed by atoms with Crippen LogP contribution in [0.2, 0.25) is 0 Å². The highest BCUT2D eigenvalue weighted by atomic mass is 79.9. The van der Waals surface area contributed by atoms with E-state index in [1.54, 1.807) is 13.0 Å². The Kier molecular flexibility index (Phi) is 5.63. The standard InChI is InChI=1S/C12H13BrN2O5/c1-3-8(12(17)20-2)4-5-14-6-9(13)11(16)10(7-14)15(18)19/h4,6-7H,3,5H2,1-2H3/b8-4-. The topological polar surface area (TPSA) is 91.4 Å². The van der Waals surface area contributed by atoms with E-state index in [0.29, 0.717) is 12.0 Å². The number of nitro groups is 1. The monoisotopic (exact) mass is 344 g/mol. The van der Waals surface area contributed by atoms with Gasteiger partial charge in [-0.05, 0) is 22.4 Å². The van der Waals surface area contributed by atoms with Gasteiger partial charge in [-0.2, -0.15) is 0 Å². The van der Waals surface area contributed by atoms with E-state index in [1.807, 2.05) is 0 Å². The van der Waals surface area contributed by atoms with Crippen LogP contribution in [0.4, 0.5) is 5.69 Å². The summed E-state index contributed by atoms with van der Waals surface area (Å²) in [4.78, 5) is 32.9. The Morgan fingerprint density at radius 1 is 1.55 bits per heavy atom. The molecule has 0 atom stereocenters. The highest BCUT2D eigenvalue weighted by molar-refractivity contribution is 9.10. The van der Waals surface area contributed by atoms with Crippen molar-refractivity contribution in [3.8, 4) is 0 Å². The number of rotatable bonds is 5. The van der Waals surface area contributed by atoms with E-state index >= 15 is 0 Å². The van der Waals surface area contributed by atoms with Crippen LogP contribution in [0, 0.1) is 10.1 Å². The van der Waals surface area contributed by atoms with Crippen LogP contribution in [0.1, 0.15) is 13.3 Å². The van der Waals surface area contributed by atoms with E-state index in [1.165, 1.54) is 17.9 Å². The number of nitrogens with zero attached hydrogens (tertiary/aromatic N) is 2. The van der Waals surface area contributed by atoms with Crippen LogP contribution < -0.4 is 5.43 Å². The van der Waals surface area contributed by atoms with Crippen LogP contribution >= 0.6 is 15.9 Å². The first-order valence-electron chi connectivity index (χ1n) is 5.72. The number of carbonyl (C=O) groups excluding carboxylic acids is 1. The molecule has 0 bridgehead atoms. The fourth-order valence-electron chi connectivity index (χ4n) is 1.53. The fourth-order valence-corrected chi connectivity index (χ4v) is 2.00. The smallest absolute Gasteiger partial charge is 0.333 e. The normalized spacial score (nSPS) is 11.2. The fraction of sp³-hybridized carbons (Fsp3) is 0.333. The lowest BCUT2D eigenvalue weighted by molar-refractivity contribution is -0.386. The van der Waals surface area contributed by atoms with E-state index in [-0.39, 0.29) is 11.0 Å². The molecule has 0 aliphatic carbocycles. The van der Waals surface area contributed by atoms with Crippen LogP contribution in [-0.4, -0.2) is 22.6 Å². The van der Waals surface area contributed by atoms with Crippen molar-refractivity contribution in [1.82, 2.24) is 4.57 Å². The van der Waals surface area contributed by atoms with Gasteiger partial charge in [0.05, 0.1) is 22.7 Å². The number of esters is 1. The second-order valence-electron chi connectivity index (χ2n) is 3.85. The molecule has 0 unspecified atom stereocenters. The largest absolute Gasteiger partial charge is 0.466 e. The van der Waals surface area contributed by atoms with Gasteiger partial charge in [0.25, 0.3) is 5.43 Å². The van der Waals surface area contributed by atoms with Crippen molar-refractivity contribution in [2.24, 2.45) is 0 Å². The summed E-state index contributed by atoms with van der Waals surface area (Å²) in [5.41, 5.74) is -0.743. The Morgan fingerprint density at radius 2 is 2.20 bits per heavy atom. The maximum absolute atomic E-state index is 11.5. The molecule has 0 saturated heterocycles. The van der Waals surface area contributed by atoms with Crippen molar-refractivity contribution >= 4 is 27.6 Å². The molecule has 1 aromatic heterocycles. The average Bonchev–Trinajstić information content (AvgIpc) is 2.42. The maximum atomic E-state index is 11.5. The summed E-state index contributed by atoms with van der Waals surface area (Å²) in [6, 6.07) is 0. The second kappa shape index (κ2) is 6.99. The molecule has 0 amide bonds. The molecule has 0 aliphatic rings. The summed E-state index contributed by atoms with van der Waals surface area (Å²) >= 11 is 2.98. The molecule has 1 rings (SSSR count). The Morgan fingerprint density at radius 3 is 2.70 bits per heavy atom. The van der Waals surface area contributed by atoms with Crippen LogP contribution in [0.5, 0.6) is 0 Å². The van der Waals surface area contributed by atoms with Crippen molar-refractivity contribution in [2.75, 3.05) is 7.11 Å². The van der Waals surface area contributed by atoms with Crippen LogP contribution in [0.3, 0.4) is 0 Å². The third kappa shape index (κ3) is 3.77. The van der Waals surface area contributed by atoms with Gasteiger partial charge in [0.1, 0.15) is 0 Å². The third-order valence-corrected chi connectivity index (χ3v) is 3.16. The summed E-state index contributed by atoms with van der Waals surface area (Å²) in [5.74, 6) is -0.442. The minimum absolute atomic E-state index is 0.0937. The van der Waals surface area contributed by atoms with Crippen molar-refractivity contribution in [1.29, 1.82) is 0 Å². The van der Waals surface area contributed by atoms with Crippen molar-refractivity contribution in [3.05, 3.63) is 48.9 Å². The molecule has 1 heterocycles. The molecule has 20 heavy (non-hydrogen) atoms. The molecule has 108 valence electrons. The van der Waals surface area contributed by atoms with Gasteiger partial charge < -0.3 is 9.30 Å².